The standard InChI is InChI=1S/C18H19N3O7S/c1-19-14(22)8-16(24)29-13-6-12-7-15(23)20(12)17(13)18(25)28-9-10-2-4-11(5-3-10)21(26)27/h2-5,12-13,17H,6-9H2,1H3,(H,19,22)/t12?,13-,17-/m1/s1. The van der Waals surface area contributed by atoms with Gasteiger partial charge in [-0.25, -0.2) is 4.79 Å². The molecule has 29 heavy (non-hydrogen) atoms. The lowest BCUT2D eigenvalue weighted by Gasteiger charge is -2.37. The van der Waals surface area contributed by atoms with Crippen molar-refractivity contribution in [2.45, 2.75) is 43.2 Å². The van der Waals surface area contributed by atoms with Gasteiger partial charge < -0.3 is 15.0 Å². The number of hydrogen-bond acceptors (Lipinski definition) is 8. The molecule has 0 saturated carbocycles. The Hall–Kier alpha value is -2.95. The zero-order valence-electron chi connectivity index (χ0n) is 15.5. The number of nitro benzene ring substituents is 1. The number of β-lactam (4-membered cyclic amide) rings is 1. The van der Waals surface area contributed by atoms with Crippen LogP contribution in [-0.2, 0) is 30.5 Å². The summed E-state index contributed by atoms with van der Waals surface area (Å²) in [5.74, 6) is -1.23. The van der Waals surface area contributed by atoms with E-state index < -0.39 is 28.1 Å². The first-order chi connectivity index (χ1) is 13.8. The predicted molar refractivity (Wildman–Crippen MR) is 102 cm³/mol. The van der Waals surface area contributed by atoms with E-state index in [1.54, 1.807) is 0 Å². The van der Waals surface area contributed by atoms with E-state index in [4.69, 9.17) is 4.74 Å². The van der Waals surface area contributed by atoms with Gasteiger partial charge in [-0.3, -0.25) is 24.5 Å². The Morgan fingerprint density at radius 2 is 2.00 bits per heavy atom. The highest BCUT2D eigenvalue weighted by Gasteiger charge is 2.55. The number of carbonyl (C=O) groups is 4. The number of fused-ring (bicyclic) bond motifs is 1. The largest absolute Gasteiger partial charge is 0.459 e. The Bertz CT molecular complexity index is 858. The van der Waals surface area contributed by atoms with Crippen molar-refractivity contribution in [2.24, 2.45) is 0 Å². The van der Waals surface area contributed by atoms with Crippen molar-refractivity contribution >= 4 is 40.3 Å². The van der Waals surface area contributed by atoms with Crippen LogP contribution in [0.4, 0.5) is 5.69 Å². The van der Waals surface area contributed by atoms with Crippen LogP contribution < -0.4 is 5.32 Å². The van der Waals surface area contributed by atoms with Crippen molar-refractivity contribution < 1.29 is 28.8 Å². The quantitative estimate of drug-likeness (QED) is 0.224. The number of nitrogens with zero attached hydrogens (tertiary/aromatic N) is 2. The van der Waals surface area contributed by atoms with Gasteiger partial charge in [-0.15, -0.1) is 0 Å². The maximum Gasteiger partial charge on any atom is 0.330 e. The van der Waals surface area contributed by atoms with Crippen LogP contribution >= 0.6 is 11.8 Å². The highest BCUT2D eigenvalue weighted by Crippen LogP contribution is 2.41. The minimum Gasteiger partial charge on any atom is -0.459 e. The molecule has 154 valence electrons. The molecule has 0 aromatic heterocycles. The summed E-state index contributed by atoms with van der Waals surface area (Å²) in [4.78, 5) is 59.7. The van der Waals surface area contributed by atoms with Gasteiger partial charge in [0.05, 0.1) is 11.3 Å². The number of ether oxygens (including phenoxy) is 1. The Balaban J connectivity index is 1.63. The van der Waals surface area contributed by atoms with Gasteiger partial charge in [0.1, 0.15) is 12.6 Å². The van der Waals surface area contributed by atoms with E-state index in [0.717, 1.165) is 11.8 Å². The topological polar surface area (TPSA) is 136 Å². The molecule has 2 aliphatic rings. The lowest BCUT2D eigenvalue weighted by Crippen LogP contribution is -2.55. The Morgan fingerprint density at radius 3 is 2.59 bits per heavy atom. The first kappa shape index (κ1) is 20.8. The lowest BCUT2D eigenvalue weighted by molar-refractivity contribution is -0.384. The van der Waals surface area contributed by atoms with Crippen molar-refractivity contribution in [3.05, 3.63) is 39.9 Å². The third kappa shape index (κ3) is 4.56. The molecule has 2 amide bonds. The number of rotatable bonds is 7. The van der Waals surface area contributed by atoms with E-state index >= 15 is 0 Å². The molecular weight excluding hydrogens is 402 g/mol. The molecule has 0 radical (unpaired) electrons. The van der Waals surface area contributed by atoms with Crippen LogP contribution in [0.5, 0.6) is 0 Å². The third-order valence-electron chi connectivity index (χ3n) is 4.88. The first-order valence-electron chi connectivity index (χ1n) is 8.91. The normalized spacial score (nSPS) is 22.4. The second-order valence-electron chi connectivity index (χ2n) is 6.75. The minimum atomic E-state index is -0.891. The SMILES string of the molecule is CNC(=O)CC(=O)S[C@@H]1CC2CC(=O)N2[C@H]1C(=O)OCc1ccc([N+](=O)[O-])cc1. The summed E-state index contributed by atoms with van der Waals surface area (Å²) in [5.41, 5.74) is 0.490. The van der Waals surface area contributed by atoms with Crippen LogP contribution in [0, 0.1) is 10.1 Å². The summed E-state index contributed by atoms with van der Waals surface area (Å²) >= 11 is 0.894. The number of hydrogen-bond donors (Lipinski definition) is 1. The van der Waals surface area contributed by atoms with E-state index in [1.165, 1.54) is 36.2 Å². The van der Waals surface area contributed by atoms with Gasteiger partial charge in [-0.1, -0.05) is 11.8 Å². The smallest absolute Gasteiger partial charge is 0.330 e. The Kier molecular flexibility index (Phi) is 6.16. The summed E-state index contributed by atoms with van der Waals surface area (Å²) in [6, 6.07) is 4.59. The fourth-order valence-electron chi connectivity index (χ4n) is 3.41. The number of non-ortho nitro benzene ring substituents is 1. The summed E-state index contributed by atoms with van der Waals surface area (Å²) in [5, 5.41) is 12.2. The first-order valence-corrected chi connectivity index (χ1v) is 9.79. The number of benzene rings is 1. The van der Waals surface area contributed by atoms with Crippen LogP contribution in [0.25, 0.3) is 0 Å². The van der Waals surface area contributed by atoms with Gasteiger partial charge >= 0.3 is 5.97 Å². The molecule has 0 spiro atoms. The van der Waals surface area contributed by atoms with Gasteiger partial charge in [0.2, 0.25) is 11.8 Å². The Labute approximate surface area is 170 Å². The van der Waals surface area contributed by atoms with Gasteiger partial charge in [0, 0.05) is 36.9 Å². The summed E-state index contributed by atoms with van der Waals surface area (Å²) in [7, 11) is 1.43. The van der Waals surface area contributed by atoms with E-state index in [9.17, 15) is 29.3 Å². The fraction of sp³-hybridized carbons (Fsp3) is 0.444. The molecule has 1 aromatic carbocycles. The van der Waals surface area contributed by atoms with Crippen LogP contribution in [-0.4, -0.2) is 57.1 Å². The average molecular weight is 421 g/mol. The molecule has 2 saturated heterocycles. The third-order valence-corrected chi connectivity index (χ3v) is 6.04. The van der Waals surface area contributed by atoms with E-state index in [2.05, 4.69) is 5.32 Å². The van der Waals surface area contributed by atoms with Gasteiger partial charge in [-0.05, 0) is 24.1 Å². The number of amides is 2. The second kappa shape index (κ2) is 8.60. The van der Waals surface area contributed by atoms with Crippen molar-refractivity contribution in [1.29, 1.82) is 0 Å². The average Bonchev–Trinajstić information content (AvgIpc) is 2.97. The lowest BCUT2D eigenvalue weighted by atomic mass is 10.0. The molecular formula is C18H19N3O7S. The minimum absolute atomic E-state index is 0.0732. The molecule has 1 aromatic rings. The highest BCUT2D eigenvalue weighted by atomic mass is 32.2. The monoisotopic (exact) mass is 421 g/mol. The van der Waals surface area contributed by atoms with E-state index in [1.807, 2.05) is 0 Å². The number of carbonyl (C=O) groups excluding carboxylic acids is 4. The molecule has 2 fully saturated rings. The van der Waals surface area contributed by atoms with Crippen LogP contribution in [0.3, 0.4) is 0 Å². The second-order valence-corrected chi connectivity index (χ2v) is 8.05. The van der Waals surface area contributed by atoms with Crippen LogP contribution in [0.15, 0.2) is 24.3 Å². The number of nitro groups is 1. The van der Waals surface area contributed by atoms with E-state index in [-0.39, 0.29) is 35.8 Å². The zero-order chi connectivity index (χ0) is 21.1. The Morgan fingerprint density at radius 1 is 1.31 bits per heavy atom. The van der Waals surface area contributed by atoms with Crippen LogP contribution in [0.2, 0.25) is 0 Å². The summed E-state index contributed by atoms with van der Waals surface area (Å²) in [6.07, 6.45) is 0.501. The number of esters is 1. The number of nitrogens with one attached hydrogen (secondary N) is 1. The molecule has 1 N–H and O–H groups in total. The molecule has 2 heterocycles. The van der Waals surface area contributed by atoms with Crippen molar-refractivity contribution in [2.75, 3.05) is 7.05 Å². The molecule has 11 heteroatoms. The van der Waals surface area contributed by atoms with Crippen molar-refractivity contribution in [3.63, 3.8) is 0 Å². The molecule has 0 bridgehead atoms. The maximum absolute atomic E-state index is 12.7. The summed E-state index contributed by atoms with van der Waals surface area (Å²) in [6.45, 7) is -0.108. The van der Waals surface area contributed by atoms with Crippen LogP contribution in [0.1, 0.15) is 24.8 Å². The maximum atomic E-state index is 12.7. The molecule has 1 unspecified atom stereocenters. The molecule has 0 aliphatic carbocycles. The van der Waals surface area contributed by atoms with Gasteiger partial charge in [0.25, 0.3) is 5.69 Å². The van der Waals surface area contributed by atoms with Gasteiger partial charge in [0.15, 0.2) is 5.12 Å². The predicted octanol–water partition coefficient (Wildman–Crippen LogP) is 0.776. The van der Waals surface area contributed by atoms with E-state index in [0.29, 0.717) is 18.4 Å². The van der Waals surface area contributed by atoms with Crippen molar-refractivity contribution in [3.8, 4) is 0 Å². The molecule has 3 atom stereocenters. The fourth-order valence-corrected chi connectivity index (χ4v) is 4.66. The molecule has 3 rings (SSSR count). The molecule has 10 nitrogen and oxygen atoms in total. The number of thioether (sulfide) groups is 1. The highest BCUT2D eigenvalue weighted by molar-refractivity contribution is 8.14. The zero-order valence-corrected chi connectivity index (χ0v) is 16.3. The van der Waals surface area contributed by atoms with Crippen molar-refractivity contribution in [1.82, 2.24) is 10.2 Å². The summed E-state index contributed by atoms with van der Waals surface area (Å²) < 4.78 is 5.32. The van der Waals surface area contributed by atoms with Gasteiger partial charge in [-0.2, -0.15) is 0 Å². The molecule has 2 aliphatic heterocycles.